The van der Waals surface area contributed by atoms with E-state index in [-0.39, 0.29) is 6.61 Å². The van der Waals surface area contributed by atoms with Crippen LogP contribution < -0.4 is 9.47 Å². The number of ether oxygens (including phenoxy) is 2. The van der Waals surface area contributed by atoms with E-state index in [0.29, 0.717) is 55.0 Å². The molecule has 1 aliphatic rings. The van der Waals surface area contributed by atoms with Gasteiger partial charge in [0, 0.05) is 21.2 Å². The molecule has 184 valence electrons. The lowest BCUT2D eigenvalue weighted by Gasteiger charge is -2.15. The Morgan fingerprint density at radius 3 is 2.53 bits per heavy atom. The maximum atomic E-state index is 13.0. The molecular weight excluding hydrogens is 567 g/mol. The Hall–Kier alpha value is -3.13. The Morgan fingerprint density at radius 2 is 1.83 bits per heavy atom. The molecule has 0 unspecified atom stereocenters. The predicted molar refractivity (Wildman–Crippen MR) is 145 cm³/mol. The van der Waals surface area contributed by atoms with Gasteiger partial charge in [0.2, 0.25) is 0 Å². The number of hydrazone groups is 1. The van der Waals surface area contributed by atoms with Gasteiger partial charge in [-0.2, -0.15) is 10.1 Å². The largest absolute Gasteiger partial charge is 0.490 e. The van der Waals surface area contributed by atoms with Crippen LogP contribution in [0.3, 0.4) is 0 Å². The SMILES string of the molecule is CCOc1cc(/C=C2/C(=O)N(C(=O)c3ccccc3)N=C2C)cc(Br)c1OCc1ccc(Cl)cc1Cl. The molecule has 2 amide bonds. The van der Waals surface area contributed by atoms with Gasteiger partial charge in [-0.3, -0.25) is 9.59 Å². The second-order valence-corrected chi connectivity index (χ2v) is 9.52. The molecule has 36 heavy (non-hydrogen) atoms. The molecule has 0 bridgehead atoms. The molecule has 0 spiro atoms. The first-order chi connectivity index (χ1) is 17.3. The topological polar surface area (TPSA) is 68.2 Å². The van der Waals surface area contributed by atoms with Crippen LogP contribution >= 0.6 is 39.1 Å². The van der Waals surface area contributed by atoms with E-state index in [1.807, 2.05) is 6.92 Å². The fourth-order valence-corrected chi connectivity index (χ4v) is 4.59. The summed E-state index contributed by atoms with van der Waals surface area (Å²) in [6.45, 7) is 4.16. The van der Waals surface area contributed by atoms with Crippen molar-refractivity contribution in [2.45, 2.75) is 20.5 Å². The van der Waals surface area contributed by atoms with E-state index < -0.39 is 11.8 Å². The lowest BCUT2D eigenvalue weighted by atomic mass is 10.1. The van der Waals surface area contributed by atoms with Gasteiger partial charge in [0.15, 0.2) is 11.5 Å². The molecule has 0 fully saturated rings. The highest BCUT2D eigenvalue weighted by atomic mass is 79.9. The van der Waals surface area contributed by atoms with E-state index >= 15 is 0 Å². The Morgan fingerprint density at radius 1 is 1.08 bits per heavy atom. The monoisotopic (exact) mass is 586 g/mol. The number of carbonyl (C=O) groups excluding carboxylic acids is 2. The molecule has 6 nitrogen and oxygen atoms in total. The number of halogens is 3. The van der Waals surface area contributed by atoms with Gasteiger partial charge in [-0.25, -0.2) is 0 Å². The molecule has 0 aromatic heterocycles. The van der Waals surface area contributed by atoms with Crippen molar-refractivity contribution in [3.63, 3.8) is 0 Å². The maximum absolute atomic E-state index is 13.0. The smallest absolute Gasteiger partial charge is 0.283 e. The molecule has 4 rings (SSSR count). The average molecular weight is 588 g/mol. The first-order valence-corrected chi connectivity index (χ1v) is 12.6. The van der Waals surface area contributed by atoms with Crippen LogP contribution in [0.2, 0.25) is 10.0 Å². The van der Waals surface area contributed by atoms with Gasteiger partial charge in [-0.1, -0.05) is 47.5 Å². The summed E-state index contributed by atoms with van der Waals surface area (Å²) in [7, 11) is 0. The molecule has 0 saturated heterocycles. The van der Waals surface area contributed by atoms with Gasteiger partial charge >= 0.3 is 0 Å². The number of nitrogens with zero attached hydrogens (tertiary/aromatic N) is 2. The number of imide groups is 1. The molecular formula is C27H21BrCl2N2O4. The molecule has 0 saturated carbocycles. The normalized spacial score (nSPS) is 14.2. The highest BCUT2D eigenvalue weighted by Crippen LogP contribution is 2.39. The summed E-state index contributed by atoms with van der Waals surface area (Å²) in [5, 5.41) is 6.13. The van der Waals surface area contributed by atoms with Crippen molar-refractivity contribution >= 4 is 62.7 Å². The van der Waals surface area contributed by atoms with Gasteiger partial charge < -0.3 is 9.47 Å². The van der Waals surface area contributed by atoms with Crippen molar-refractivity contribution in [2.24, 2.45) is 5.10 Å². The van der Waals surface area contributed by atoms with Crippen LogP contribution in [-0.2, 0) is 11.4 Å². The summed E-state index contributed by atoms with van der Waals surface area (Å²) in [5.41, 5.74) is 2.58. The second-order valence-electron chi connectivity index (χ2n) is 7.82. The predicted octanol–water partition coefficient (Wildman–Crippen LogP) is 7.18. The van der Waals surface area contributed by atoms with Gasteiger partial charge in [-0.15, -0.1) is 0 Å². The van der Waals surface area contributed by atoms with Crippen LogP contribution in [0.5, 0.6) is 11.5 Å². The summed E-state index contributed by atoms with van der Waals surface area (Å²) in [5.74, 6) is 0.00684. The summed E-state index contributed by atoms with van der Waals surface area (Å²) in [6.07, 6.45) is 1.67. The number of hydrogen-bond donors (Lipinski definition) is 0. The molecule has 1 heterocycles. The summed E-state index contributed by atoms with van der Waals surface area (Å²) < 4.78 is 12.5. The van der Waals surface area contributed by atoms with E-state index in [2.05, 4.69) is 21.0 Å². The van der Waals surface area contributed by atoms with Crippen molar-refractivity contribution in [1.29, 1.82) is 0 Å². The summed E-state index contributed by atoms with van der Waals surface area (Å²) in [6, 6.07) is 17.3. The Kier molecular flexibility index (Phi) is 8.14. The summed E-state index contributed by atoms with van der Waals surface area (Å²) >= 11 is 15.8. The zero-order valence-corrected chi connectivity index (χ0v) is 22.5. The summed E-state index contributed by atoms with van der Waals surface area (Å²) in [4.78, 5) is 25.8. The molecule has 1 aliphatic heterocycles. The van der Waals surface area contributed by atoms with Crippen molar-refractivity contribution in [2.75, 3.05) is 6.61 Å². The third kappa shape index (κ3) is 5.64. The van der Waals surface area contributed by atoms with E-state index in [4.69, 9.17) is 32.7 Å². The van der Waals surface area contributed by atoms with Gasteiger partial charge in [0.25, 0.3) is 11.8 Å². The fraction of sp³-hybridized carbons (Fsp3) is 0.148. The standard InChI is InChI=1S/C27H21BrCl2N2O4/c1-3-35-24-13-17(12-22(28)25(24)36-15-19-9-10-20(29)14-23(19)30)11-21-16(2)31-32(27(21)34)26(33)18-7-5-4-6-8-18/h4-14H,3,15H2,1-2H3/b21-11+. The lowest BCUT2D eigenvalue weighted by molar-refractivity contribution is -0.123. The van der Waals surface area contributed by atoms with Crippen LogP contribution in [0, 0.1) is 0 Å². The van der Waals surface area contributed by atoms with E-state index in [0.717, 1.165) is 10.6 Å². The number of amides is 2. The Balaban J connectivity index is 1.60. The minimum absolute atomic E-state index is 0.204. The van der Waals surface area contributed by atoms with Gasteiger partial charge in [-0.05, 0) is 77.8 Å². The molecule has 0 aliphatic carbocycles. The number of carbonyl (C=O) groups is 2. The van der Waals surface area contributed by atoms with Crippen molar-refractivity contribution in [3.8, 4) is 11.5 Å². The molecule has 9 heteroatoms. The van der Waals surface area contributed by atoms with Crippen molar-refractivity contribution in [1.82, 2.24) is 5.01 Å². The molecule has 3 aromatic rings. The number of rotatable bonds is 7. The zero-order chi connectivity index (χ0) is 25.8. The van der Waals surface area contributed by atoms with E-state index in [1.165, 1.54) is 0 Å². The van der Waals surface area contributed by atoms with Crippen molar-refractivity contribution < 1.29 is 19.1 Å². The average Bonchev–Trinajstić information content (AvgIpc) is 3.13. The highest BCUT2D eigenvalue weighted by molar-refractivity contribution is 9.10. The van der Waals surface area contributed by atoms with Crippen molar-refractivity contribution in [3.05, 3.63) is 97.4 Å². The van der Waals surface area contributed by atoms with Crippen LogP contribution in [0.1, 0.15) is 35.3 Å². The first-order valence-electron chi connectivity index (χ1n) is 11.0. The molecule has 0 atom stereocenters. The number of hydrogen-bond acceptors (Lipinski definition) is 5. The zero-order valence-electron chi connectivity index (χ0n) is 19.4. The first kappa shape index (κ1) is 25.9. The van der Waals surface area contributed by atoms with Gasteiger partial charge in [0.05, 0.1) is 22.4 Å². The minimum atomic E-state index is -0.492. The van der Waals surface area contributed by atoms with Crippen LogP contribution in [0.25, 0.3) is 6.08 Å². The van der Waals surface area contributed by atoms with E-state index in [9.17, 15) is 9.59 Å². The highest BCUT2D eigenvalue weighted by Gasteiger charge is 2.33. The maximum Gasteiger partial charge on any atom is 0.283 e. The van der Waals surface area contributed by atoms with Gasteiger partial charge in [0.1, 0.15) is 6.61 Å². The second kappa shape index (κ2) is 11.3. The molecule has 0 radical (unpaired) electrons. The van der Waals surface area contributed by atoms with Crippen LogP contribution in [-0.4, -0.2) is 29.1 Å². The molecule has 3 aromatic carbocycles. The molecule has 0 N–H and O–H groups in total. The quantitative estimate of drug-likeness (QED) is 0.217. The third-order valence-electron chi connectivity index (χ3n) is 5.31. The van der Waals surface area contributed by atoms with Crippen LogP contribution in [0.15, 0.2) is 75.8 Å². The minimum Gasteiger partial charge on any atom is -0.490 e. The lowest BCUT2D eigenvalue weighted by Crippen LogP contribution is -2.29. The van der Waals surface area contributed by atoms with Crippen LogP contribution in [0.4, 0.5) is 0 Å². The Labute approximate surface area is 227 Å². The van der Waals surface area contributed by atoms with E-state index in [1.54, 1.807) is 73.7 Å². The third-order valence-corrected chi connectivity index (χ3v) is 6.48. The Bertz CT molecular complexity index is 1390. The number of benzene rings is 3. The fourth-order valence-electron chi connectivity index (χ4n) is 3.55.